The van der Waals surface area contributed by atoms with E-state index in [2.05, 4.69) is 23.7 Å². The van der Waals surface area contributed by atoms with Crippen LogP contribution in [0.15, 0.2) is 48.7 Å². The van der Waals surface area contributed by atoms with Crippen LogP contribution >= 0.6 is 0 Å². The van der Waals surface area contributed by atoms with Crippen LogP contribution in [0.4, 0.5) is 5.69 Å². The summed E-state index contributed by atoms with van der Waals surface area (Å²) in [7, 11) is 0. The molecule has 0 saturated carbocycles. The van der Waals surface area contributed by atoms with Gasteiger partial charge in [-0.15, -0.1) is 0 Å². The number of anilines is 1. The Morgan fingerprint density at radius 3 is 2.47 bits per heavy atom. The molecular weight excluding hydrogens is 374 g/mol. The molecule has 1 saturated heterocycles. The third-order valence-corrected chi connectivity index (χ3v) is 6.52. The van der Waals surface area contributed by atoms with E-state index in [0.717, 1.165) is 30.8 Å². The summed E-state index contributed by atoms with van der Waals surface area (Å²) in [6, 6.07) is 14.8. The fourth-order valence-electron chi connectivity index (χ4n) is 4.82. The van der Waals surface area contributed by atoms with Gasteiger partial charge in [-0.1, -0.05) is 31.0 Å². The highest BCUT2D eigenvalue weighted by molar-refractivity contribution is 6.00. The first-order valence-corrected chi connectivity index (χ1v) is 11.4. The predicted molar refractivity (Wildman–Crippen MR) is 120 cm³/mol. The lowest BCUT2D eigenvalue weighted by atomic mass is 9.97. The van der Waals surface area contributed by atoms with Crippen LogP contribution in [-0.2, 0) is 4.79 Å². The second-order valence-corrected chi connectivity index (χ2v) is 8.64. The van der Waals surface area contributed by atoms with Gasteiger partial charge < -0.3 is 9.64 Å². The third-order valence-electron chi connectivity index (χ3n) is 6.52. The maximum Gasteiger partial charge on any atom is 0.274 e. The highest BCUT2D eigenvalue weighted by Crippen LogP contribution is 2.38. The van der Waals surface area contributed by atoms with E-state index < -0.39 is 6.10 Å². The Labute approximate surface area is 180 Å². The van der Waals surface area contributed by atoms with Gasteiger partial charge >= 0.3 is 0 Å². The highest BCUT2D eigenvalue weighted by atomic mass is 16.5. The summed E-state index contributed by atoms with van der Waals surface area (Å²) < 4.78 is 6.03. The minimum Gasteiger partial charge on any atom is -0.472 e. The number of likely N-dealkylation sites (tertiary alicyclic amines) is 1. The van der Waals surface area contributed by atoms with E-state index in [1.165, 1.54) is 25.7 Å². The molecule has 0 bridgehead atoms. The Morgan fingerprint density at radius 2 is 1.70 bits per heavy atom. The molecule has 5 nitrogen and oxygen atoms in total. The maximum atomic E-state index is 13.2. The lowest BCUT2D eigenvalue weighted by molar-refractivity contribution is -0.126. The Morgan fingerprint density at radius 1 is 0.967 bits per heavy atom. The smallest absolute Gasteiger partial charge is 0.274 e. The number of pyridine rings is 1. The van der Waals surface area contributed by atoms with Crippen LogP contribution in [0.5, 0.6) is 5.75 Å². The summed E-state index contributed by atoms with van der Waals surface area (Å²) in [5.41, 5.74) is 1.53. The van der Waals surface area contributed by atoms with E-state index in [4.69, 9.17) is 4.74 Å². The molecule has 1 amide bonds. The second kappa shape index (κ2) is 9.61. The fraction of sp³-hybridized carbons (Fsp3) is 0.520. The molecule has 0 aliphatic carbocycles. The quantitative estimate of drug-likeness (QED) is 0.607. The summed E-state index contributed by atoms with van der Waals surface area (Å²) in [5.74, 6) is 0.731. The van der Waals surface area contributed by atoms with Gasteiger partial charge in [0, 0.05) is 24.8 Å². The minimum absolute atomic E-state index is 0.0225. The number of carbonyl (C=O) groups is 1. The molecule has 1 fully saturated rings. The van der Waals surface area contributed by atoms with Gasteiger partial charge in [0.2, 0.25) is 6.10 Å². The molecule has 30 heavy (non-hydrogen) atoms. The number of fused-ring (bicyclic) bond motifs is 1. The summed E-state index contributed by atoms with van der Waals surface area (Å²) in [5, 5.41) is 0. The Hall–Kier alpha value is -2.40. The molecular formula is C25H33N3O2. The number of hydrogen-bond donors (Lipinski definition) is 0. The number of nitrogens with zero attached hydrogens (tertiary/aromatic N) is 3. The number of para-hydroxylation sites is 2. The first-order chi connectivity index (χ1) is 14.6. The average Bonchev–Trinajstić information content (AvgIpc) is 2.77. The lowest BCUT2D eigenvalue weighted by Gasteiger charge is -2.39. The van der Waals surface area contributed by atoms with E-state index >= 15 is 0 Å². The van der Waals surface area contributed by atoms with Gasteiger partial charge in [-0.3, -0.25) is 14.7 Å². The van der Waals surface area contributed by atoms with Crippen LogP contribution in [0.2, 0.25) is 0 Å². The first-order valence-electron chi connectivity index (χ1n) is 11.4. The van der Waals surface area contributed by atoms with Crippen molar-refractivity contribution in [3.05, 3.63) is 54.4 Å². The highest BCUT2D eigenvalue weighted by Gasteiger charge is 2.35. The topological polar surface area (TPSA) is 45.7 Å². The van der Waals surface area contributed by atoms with Crippen molar-refractivity contribution < 1.29 is 9.53 Å². The number of piperidine rings is 1. The summed E-state index contributed by atoms with van der Waals surface area (Å²) in [6.45, 7) is 6.59. The van der Waals surface area contributed by atoms with Gasteiger partial charge in [0.05, 0.1) is 11.4 Å². The molecule has 3 atom stereocenters. The van der Waals surface area contributed by atoms with Crippen molar-refractivity contribution in [2.45, 2.75) is 70.6 Å². The van der Waals surface area contributed by atoms with Crippen molar-refractivity contribution in [2.75, 3.05) is 18.0 Å². The van der Waals surface area contributed by atoms with E-state index in [0.29, 0.717) is 24.3 Å². The van der Waals surface area contributed by atoms with Crippen molar-refractivity contribution in [1.82, 2.24) is 9.88 Å². The van der Waals surface area contributed by atoms with E-state index in [9.17, 15) is 4.79 Å². The zero-order valence-corrected chi connectivity index (χ0v) is 18.2. The monoisotopic (exact) mass is 407 g/mol. The van der Waals surface area contributed by atoms with Gasteiger partial charge in [0.1, 0.15) is 5.75 Å². The van der Waals surface area contributed by atoms with Crippen LogP contribution in [0.25, 0.3) is 0 Å². The van der Waals surface area contributed by atoms with Crippen LogP contribution in [0.1, 0.15) is 64.2 Å². The zero-order chi connectivity index (χ0) is 20.9. The van der Waals surface area contributed by atoms with Crippen molar-refractivity contribution >= 4 is 11.6 Å². The van der Waals surface area contributed by atoms with Crippen molar-refractivity contribution in [2.24, 2.45) is 0 Å². The summed E-state index contributed by atoms with van der Waals surface area (Å²) in [4.78, 5) is 22.2. The lowest BCUT2D eigenvalue weighted by Crippen LogP contribution is -2.44. The minimum atomic E-state index is -0.670. The molecule has 2 aromatic rings. The molecule has 0 N–H and O–H groups in total. The summed E-state index contributed by atoms with van der Waals surface area (Å²) in [6.07, 6.45) is 8.32. The number of ether oxygens (including phenoxy) is 1. The molecule has 5 heteroatoms. The number of hydrogen-bond acceptors (Lipinski definition) is 4. The molecule has 1 aromatic heterocycles. The van der Waals surface area contributed by atoms with Crippen LogP contribution in [0, 0.1) is 0 Å². The standard InChI is InChI=1S/C25H33N3O2/c1-19-11-10-12-20(2)27(19)17-8-3-9-18-28-22-14-4-5-15-23(22)30-24(25(28)29)21-13-6-7-16-26-21/h4-7,13-16,19-20,24H,3,8-12,17-18H2,1-2H3. The van der Waals surface area contributed by atoms with Gasteiger partial charge in [0.15, 0.2) is 0 Å². The van der Waals surface area contributed by atoms with Gasteiger partial charge in [-0.05, 0) is 70.3 Å². The maximum absolute atomic E-state index is 13.2. The van der Waals surface area contributed by atoms with Crippen molar-refractivity contribution in [3.63, 3.8) is 0 Å². The Bertz CT molecular complexity index is 831. The zero-order valence-electron chi connectivity index (χ0n) is 18.2. The molecule has 1 aromatic carbocycles. The number of benzene rings is 1. The SMILES string of the molecule is CC1CCCC(C)N1CCCCCN1C(=O)C(c2ccccn2)Oc2ccccc21. The van der Waals surface area contributed by atoms with E-state index in [-0.39, 0.29) is 5.91 Å². The number of rotatable bonds is 7. The number of unbranched alkanes of at least 4 members (excludes halogenated alkanes) is 2. The number of carbonyl (C=O) groups excluding carboxylic acids is 1. The van der Waals surface area contributed by atoms with Crippen LogP contribution in [-0.4, -0.2) is 41.0 Å². The molecule has 4 rings (SSSR count). The molecule has 2 aliphatic heterocycles. The first kappa shape index (κ1) is 20.9. The average molecular weight is 408 g/mol. The van der Waals surface area contributed by atoms with E-state index in [1.807, 2.05) is 47.4 Å². The van der Waals surface area contributed by atoms with Crippen molar-refractivity contribution in [1.29, 1.82) is 0 Å². The van der Waals surface area contributed by atoms with Crippen LogP contribution < -0.4 is 9.64 Å². The van der Waals surface area contributed by atoms with Gasteiger partial charge in [0.25, 0.3) is 5.91 Å². The van der Waals surface area contributed by atoms with Crippen molar-refractivity contribution in [3.8, 4) is 5.75 Å². The van der Waals surface area contributed by atoms with Gasteiger partial charge in [-0.25, -0.2) is 0 Å². The number of aromatic nitrogens is 1. The molecule has 0 spiro atoms. The fourth-order valence-corrected chi connectivity index (χ4v) is 4.82. The normalized spacial score (nSPS) is 24.4. The second-order valence-electron chi connectivity index (χ2n) is 8.64. The molecule has 160 valence electrons. The van der Waals surface area contributed by atoms with Gasteiger partial charge in [-0.2, -0.15) is 0 Å². The number of amides is 1. The third kappa shape index (κ3) is 4.51. The van der Waals surface area contributed by atoms with Crippen LogP contribution in [0.3, 0.4) is 0 Å². The largest absolute Gasteiger partial charge is 0.472 e. The molecule has 3 heterocycles. The summed E-state index contributed by atoms with van der Waals surface area (Å²) >= 11 is 0. The Kier molecular flexibility index (Phi) is 6.68. The molecule has 3 unspecified atom stereocenters. The molecule has 0 radical (unpaired) electrons. The van der Waals surface area contributed by atoms with E-state index in [1.54, 1.807) is 6.20 Å². The predicted octanol–water partition coefficient (Wildman–Crippen LogP) is 4.98. The Balaban J connectivity index is 1.37. The molecule has 2 aliphatic rings.